The molecule has 0 aliphatic carbocycles. The molecular formula is C28H31F2N7O2. The number of likely N-dealkylation sites (tertiary alicyclic amines) is 1. The highest BCUT2D eigenvalue weighted by molar-refractivity contribution is 5.96. The summed E-state index contributed by atoms with van der Waals surface area (Å²) >= 11 is 0. The van der Waals surface area contributed by atoms with Crippen molar-refractivity contribution in [1.29, 1.82) is 0 Å². The number of halogens is 2. The molecular weight excluding hydrogens is 504 g/mol. The van der Waals surface area contributed by atoms with Gasteiger partial charge in [-0.1, -0.05) is 0 Å². The number of rotatable bonds is 9. The molecule has 39 heavy (non-hydrogen) atoms. The number of nitrogens with two attached hydrogens (primary N) is 1. The van der Waals surface area contributed by atoms with Crippen molar-refractivity contribution < 1.29 is 18.3 Å². The van der Waals surface area contributed by atoms with Crippen LogP contribution in [0.5, 0.6) is 5.75 Å². The Kier molecular flexibility index (Phi) is 7.99. The van der Waals surface area contributed by atoms with Crippen LogP contribution in [-0.4, -0.2) is 58.5 Å². The number of imidazole rings is 1. The molecule has 0 unspecified atom stereocenters. The van der Waals surface area contributed by atoms with Crippen LogP contribution in [-0.2, 0) is 6.54 Å². The second kappa shape index (κ2) is 11.7. The molecule has 1 amide bonds. The molecule has 3 heterocycles. The van der Waals surface area contributed by atoms with E-state index in [2.05, 4.69) is 25.3 Å². The Balaban J connectivity index is 1.34. The van der Waals surface area contributed by atoms with E-state index in [1.807, 2.05) is 34.5 Å². The SMILES string of the molecule is CNCC1CCN(C(=O)c2ccc(Nc3nccn4c(-c5ccc(OC(F)F)cc5)cnc34)cc2CN)CC1. The zero-order valence-corrected chi connectivity index (χ0v) is 21.6. The van der Waals surface area contributed by atoms with Crippen LogP contribution in [0, 0.1) is 5.92 Å². The van der Waals surface area contributed by atoms with E-state index in [1.165, 1.54) is 12.1 Å². The van der Waals surface area contributed by atoms with Gasteiger partial charge in [0.2, 0.25) is 0 Å². The molecule has 2 aromatic heterocycles. The predicted molar refractivity (Wildman–Crippen MR) is 145 cm³/mol. The van der Waals surface area contributed by atoms with Crippen LogP contribution in [0.2, 0.25) is 0 Å². The Labute approximate surface area is 225 Å². The number of nitrogens with zero attached hydrogens (tertiary/aromatic N) is 4. The zero-order chi connectivity index (χ0) is 27.4. The summed E-state index contributed by atoms with van der Waals surface area (Å²) < 4.78 is 31.3. The Morgan fingerprint density at radius 1 is 1.15 bits per heavy atom. The van der Waals surface area contributed by atoms with Gasteiger partial charge in [0, 0.05) is 48.8 Å². The van der Waals surface area contributed by atoms with Crippen LogP contribution in [0.3, 0.4) is 0 Å². The van der Waals surface area contributed by atoms with E-state index < -0.39 is 6.61 Å². The third-order valence-corrected chi connectivity index (χ3v) is 7.02. The summed E-state index contributed by atoms with van der Waals surface area (Å²) in [6.45, 7) is -0.198. The number of hydrogen-bond acceptors (Lipinski definition) is 7. The number of hydrogen-bond donors (Lipinski definition) is 3. The molecule has 0 atom stereocenters. The van der Waals surface area contributed by atoms with E-state index in [-0.39, 0.29) is 18.2 Å². The fourth-order valence-electron chi connectivity index (χ4n) is 5.01. The highest BCUT2D eigenvalue weighted by atomic mass is 19.3. The third kappa shape index (κ3) is 5.84. The lowest BCUT2D eigenvalue weighted by molar-refractivity contribution is -0.0498. The summed E-state index contributed by atoms with van der Waals surface area (Å²) in [5, 5.41) is 6.52. The van der Waals surface area contributed by atoms with Gasteiger partial charge in [0.15, 0.2) is 11.5 Å². The highest BCUT2D eigenvalue weighted by Crippen LogP contribution is 2.28. The van der Waals surface area contributed by atoms with Gasteiger partial charge in [-0.15, -0.1) is 0 Å². The summed E-state index contributed by atoms with van der Waals surface area (Å²) in [5.41, 5.74) is 10.3. The molecule has 1 fully saturated rings. The van der Waals surface area contributed by atoms with E-state index in [9.17, 15) is 13.6 Å². The predicted octanol–water partition coefficient (Wildman–Crippen LogP) is 4.27. The lowest BCUT2D eigenvalue weighted by Crippen LogP contribution is -2.40. The number of carbonyl (C=O) groups excluding carboxylic acids is 1. The maximum absolute atomic E-state index is 13.3. The number of amides is 1. The topological polar surface area (TPSA) is 110 Å². The number of benzene rings is 2. The summed E-state index contributed by atoms with van der Waals surface area (Å²) in [6.07, 6.45) is 7.09. The molecule has 204 valence electrons. The molecule has 0 saturated carbocycles. The van der Waals surface area contributed by atoms with E-state index in [0.29, 0.717) is 22.9 Å². The van der Waals surface area contributed by atoms with Crippen LogP contribution in [0.15, 0.2) is 61.1 Å². The van der Waals surface area contributed by atoms with Gasteiger partial charge in [0.1, 0.15) is 5.75 Å². The Morgan fingerprint density at radius 3 is 2.62 bits per heavy atom. The molecule has 5 rings (SSSR count). The van der Waals surface area contributed by atoms with Crippen LogP contribution >= 0.6 is 0 Å². The van der Waals surface area contributed by atoms with Crippen LogP contribution in [0.25, 0.3) is 16.9 Å². The van der Waals surface area contributed by atoms with Crippen molar-refractivity contribution in [2.75, 3.05) is 32.0 Å². The van der Waals surface area contributed by atoms with Gasteiger partial charge >= 0.3 is 6.61 Å². The minimum Gasteiger partial charge on any atom is -0.435 e. The summed E-state index contributed by atoms with van der Waals surface area (Å²) in [7, 11) is 1.96. The summed E-state index contributed by atoms with van der Waals surface area (Å²) in [5.74, 6) is 1.21. The molecule has 0 spiro atoms. The summed E-state index contributed by atoms with van der Waals surface area (Å²) in [6, 6.07) is 11.9. The average molecular weight is 536 g/mol. The van der Waals surface area contributed by atoms with Crippen LogP contribution in [0.4, 0.5) is 20.3 Å². The first-order chi connectivity index (χ1) is 19.0. The average Bonchev–Trinajstić information content (AvgIpc) is 3.38. The lowest BCUT2D eigenvalue weighted by Gasteiger charge is -2.32. The van der Waals surface area contributed by atoms with Gasteiger partial charge in [-0.3, -0.25) is 9.20 Å². The minimum atomic E-state index is -2.88. The van der Waals surface area contributed by atoms with Crippen molar-refractivity contribution in [3.8, 4) is 17.0 Å². The van der Waals surface area contributed by atoms with Crippen molar-refractivity contribution in [3.05, 3.63) is 72.2 Å². The normalized spacial score (nSPS) is 14.2. The number of piperidine rings is 1. The first kappa shape index (κ1) is 26.5. The van der Waals surface area contributed by atoms with Crippen molar-refractivity contribution in [3.63, 3.8) is 0 Å². The molecule has 4 aromatic rings. The number of alkyl halides is 2. The first-order valence-corrected chi connectivity index (χ1v) is 12.9. The Bertz CT molecular complexity index is 1430. The zero-order valence-electron chi connectivity index (χ0n) is 21.6. The second-order valence-corrected chi connectivity index (χ2v) is 9.51. The fraction of sp³-hybridized carbons (Fsp3) is 0.321. The molecule has 0 bridgehead atoms. The number of carbonyl (C=O) groups is 1. The number of nitrogens with one attached hydrogen (secondary N) is 2. The number of ether oxygens (including phenoxy) is 1. The molecule has 1 saturated heterocycles. The van der Waals surface area contributed by atoms with E-state index >= 15 is 0 Å². The quantitative estimate of drug-likeness (QED) is 0.294. The Morgan fingerprint density at radius 2 is 1.92 bits per heavy atom. The molecule has 1 aliphatic heterocycles. The van der Waals surface area contributed by atoms with Crippen molar-refractivity contribution in [1.82, 2.24) is 24.6 Å². The molecule has 1 aliphatic rings. The summed E-state index contributed by atoms with van der Waals surface area (Å²) in [4.78, 5) is 24.2. The highest BCUT2D eigenvalue weighted by Gasteiger charge is 2.25. The van der Waals surface area contributed by atoms with Crippen molar-refractivity contribution in [2.24, 2.45) is 11.7 Å². The lowest BCUT2D eigenvalue weighted by atomic mass is 9.95. The van der Waals surface area contributed by atoms with Crippen LogP contribution < -0.4 is 21.1 Å². The first-order valence-electron chi connectivity index (χ1n) is 12.9. The molecule has 9 nitrogen and oxygen atoms in total. The van der Waals surface area contributed by atoms with Crippen molar-refractivity contribution >= 4 is 23.1 Å². The fourth-order valence-corrected chi connectivity index (χ4v) is 5.01. The van der Waals surface area contributed by atoms with E-state index in [4.69, 9.17) is 5.73 Å². The van der Waals surface area contributed by atoms with E-state index in [0.717, 1.165) is 55.0 Å². The minimum absolute atomic E-state index is 0.00741. The second-order valence-electron chi connectivity index (χ2n) is 9.51. The molecule has 11 heteroatoms. The van der Waals surface area contributed by atoms with E-state index in [1.54, 1.807) is 30.7 Å². The number of fused-ring (bicyclic) bond motifs is 1. The van der Waals surface area contributed by atoms with Gasteiger partial charge in [-0.25, -0.2) is 9.97 Å². The number of aromatic nitrogens is 3. The Hall–Kier alpha value is -4.09. The number of anilines is 2. The van der Waals surface area contributed by atoms with Gasteiger partial charge < -0.3 is 26.0 Å². The monoisotopic (exact) mass is 535 g/mol. The van der Waals surface area contributed by atoms with Gasteiger partial charge in [-0.2, -0.15) is 8.78 Å². The standard InChI is InChI=1S/C28H31F2N7O2/c1-32-16-18-8-11-36(12-9-18)27(38)23-7-4-21(14-20(23)15-31)35-25-26-34-17-24(37(26)13-10-33-25)19-2-5-22(6-3-19)39-28(29)30/h2-7,10,13-14,17-18,28,32H,8-9,11-12,15-16,31H2,1H3,(H,33,35). The molecule has 2 aromatic carbocycles. The van der Waals surface area contributed by atoms with Crippen molar-refractivity contribution in [2.45, 2.75) is 26.0 Å². The maximum Gasteiger partial charge on any atom is 0.387 e. The van der Waals surface area contributed by atoms with Gasteiger partial charge in [0.05, 0.1) is 11.9 Å². The smallest absolute Gasteiger partial charge is 0.387 e. The molecule has 0 radical (unpaired) electrons. The largest absolute Gasteiger partial charge is 0.435 e. The third-order valence-electron chi connectivity index (χ3n) is 7.02. The maximum atomic E-state index is 13.3. The molecule has 4 N–H and O–H groups in total. The van der Waals surface area contributed by atoms with Gasteiger partial charge in [0.25, 0.3) is 5.91 Å². The van der Waals surface area contributed by atoms with Gasteiger partial charge in [-0.05, 0) is 80.4 Å². The van der Waals surface area contributed by atoms with Crippen LogP contribution in [0.1, 0.15) is 28.8 Å².